The van der Waals surface area contributed by atoms with Crippen molar-refractivity contribution in [3.05, 3.63) is 35.8 Å². The lowest BCUT2D eigenvalue weighted by Gasteiger charge is -2.08. The van der Waals surface area contributed by atoms with Crippen molar-refractivity contribution in [2.24, 2.45) is 5.73 Å². The molecule has 2 aromatic rings. The number of pyridine rings is 1. The maximum absolute atomic E-state index is 5.67. The zero-order chi connectivity index (χ0) is 13.1. The van der Waals surface area contributed by atoms with Crippen molar-refractivity contribution in [2.75, 3.05) is 0 Å². The summed E-state index contributed by atoms with van der Waals surface area (Å²) >= 11 is 4.97. The number of thiocarbonyl (C=S) groups is 1. The van der Waals surface area contributed by atoms with Crippen molar-refractivity contribution in [1.29, 1.82) is 0 Å². The number of nitrogens with two attached hydrogens (primary N) is 1. The lowest BCUT2D eigenvalue weighted by Crippen LogP contribution is -2.11. The third-order valence-electron chi connectivity index (χ3n) is 2.41. The van der Waals surface area contributed by atoms with Crippen LogP contribution in [0.1, 0.15) is 18.2 Å². The third kappa shape index (κ3) is 2.65. The molecule has 2 rings (SSSR count). The van der Waals surface area contributed by atoms with Crippen LogP contribution in [-0.2, 0) is 6.54 Å². The SMILES string of the molecule is CCn1cc(Oc2nc(C)ccc2C(N)=S)cn1. The van der Waals surface area contributed by atoms with E-state index in [1.807, 2.05) is 26.0 Å². The highest BCUT2D eigenvalue weighted by atomic mass is 32.1. The molecule has 0 spiro atoms. The molecular formula is C12H14N4OS. The molecule has 5 nitrogen and oxygen atoms in total. The van der Waals surface area contributed by atoms with Gasteiger partial charge in [0, 0.05) is 12.2 Å². The van der Waals surface area contributed by atoms with Gasteiger partial charge in [-0.05, 0) is 26.0 Å². The highest BCUT2D eigenvalue weighted by Gasteiger charge is 2.10. The minimum Gasteiger partial charge on any atom is -0.435 e. The number of aromatic nitrogens is 3. The lowest BCUT2D eigenvalue weighted by molar-refractivity contribution is 0.459. The Bertz CT molecular complexity index is 579. The van der Waals surface area contributed by atoms with Crippen molar-refractivity contribution >= 4 is 17.2 Å². The molecule has 6 heteroatoms. The second-order valence-corrected chi connectivity index (χ2v) is 4.24. The molecule has 0 unspecified atom stereocenters. The number of rotatable bonds is 4. The summed E-state index contributed by atoms with van der Waals surface area (Å²) in [5, 5.41) is 4.13. The predicted octanol–water partition coefficient (Wildman–Crippen LogP) is 2.03. The molecule has 0 aliphatic carbocycles. The van der Waals surface area contributed by atoms with Gasteiger partial charge >= 0.3 is 0 Å². The van der Waals surface area contributed by atoms with E-state index in [9.17, 15) is 0 Å². The van der Waals surface area contributed by atoms with Crippen LogP contribution in [0.15, 0.2) is 24.5 Å². The quantitative estimate of drug-likeness (QED) is 0.854. The highest BCUT2D eigenvalue weighted by molar-refractivity contribution is 7.80. The molecule has 0 fully saturated rings. The fourth-order valence-electron chi connectivity index (χ4n) is 1.48. The number of aryl methyl sites for hydroxylation is 2. The molecule has 18 heavy (non-hydrogen) atoms. The Labute approximate surface area is 111 Å². The predicted molar refractivity (Wildman–Crippen MR) is 72.8 cm³/mol. The van der Waals surface area contributed by atoms with Gasteiger partial charge < -0.3 is 10.5 Å². The lowest BCUT2D eigenvalue weighted by atomic mass is 10.2. The molecular weight excluding hydrogens is 248 g/mol. The maximum Gasteiger partial charge on any atom is 0.229 e. The van der Waals surface area contributed by atoms with Crippen LogP contribution in [0, 0.1) is 6.92 Å². The van der Waals surface area contributed by atoms with Crippen LogP contribution in [0.2, 0.25) is 0 Å². The van der Waals surface area contributed by atoms with Gasteiger partial charge in [0.2, 0.25) is 5.88 Å². The Hall–Kier alpha value is -1.95. The molecule has 0 radical (unpaired) electrons. The Morgan fingerprint density at radius 2 is 2.28 bits per heavy atom. The Kier molecular flexibility index (Phi) is 3.57. The van der Waals surface area contributed by atoms with Crippen LogP contribution in [0.25, 0.3) is 0 Å². The van der Waals surface area contributed by atoms with Crippen molar-refractivity contribution in [2.45, 2.75) is 20.4 Å². The van der Waals surface area contributed by atoms with Gasteiger partial charge in [-0.2, -0.15) is 5.10 Å². The van der Waals surface area contributed by atoms with Crippen LogP contribution >= 0.6 is 12.2 Å². The van der Waals surface area contributed by atoms with Gasteiger partial charge in [-0.15, -0.1) is 0 Å². The molecule has 0 amide bonds. The summed E-state index contributed by atoms with van der Waals surface area (Å²) in [5.74, 6) is 1.03. The fourth-order valence-corrected chi connectivity index (χ4v) is 1.64. The Balaban J connectivity index is 2.32. The van der Waals surface area contributed by atoms with Gasteiger partial charge in [-0.1, -0.05) is 12.2 Å². The summed E-state index contributed by atoms with van der Waals surface area (Å²) in [6.07, 6.45) is 3.43. The highest BCUT2D eigenvalue weighted by Crippen LogP contribution is 2.23. The van der Waals surface area contributed by atoms with Crippen LogP contribution in [0.5, 0.6) is 11.6 Å². The van der Waals surface area contributed by atoms with E-state index in [1.54, 1.807) is 17.1 Å². The molecule has 2 N–H and O–H groups in total. The van der Waals surface area contributed by atoms with Crippen molar-refractivity contribution in [3.63, 3.8) is 0 Å². The van der Waals surface area contributed by atoms with E-state index < -0.39 is 0 Å². The summed E-state index contributed by atoms with van der Waals surface area (Å²) in [7, 11) is 0. The van der Waals surface area contributed by atoms with E-state index >= 15 is 0 Å². The zero-order valence-corrected chi connectivity index (χ0v) is 11.1. The fraction of sp³-hybridized carbons (Fsp3) is 0.250. The van der Waals surface area contributed by atoms with Gasteiger partial charge in [-0.3, -0.25) is 4.68 Å². The molecule has 0 atom stereocenters. The zero-order valence-electron chi connectivity index (χ0n) is 10.3. The molecule has 0 aliphatic rings. The maximum atomic E-state index is 5.67. The molecule has 0 aliphatic heterocycles. The standard InChI is InChI=1S/C12H14N4OS/c1-3-16-7-9(6-14-16)17-12-10(11(13)18)5-4-8(2)15-12/h4-7H,3H2,1-2H3,(H2,13,18). The van der Waals surface area contributed by atoms with Crippen LogP contribution < -0.4 is 10.5 Å². The monoisotopic (exact) mass is 262 g/mol. The van der Waals surface area contributed by atoms with E-state index in [-0.39, 0.29) is 4.99 Å². The van der Waals surface area contributed by atoms with Gasteiger partial charge in [0.25, 0.3) is 0 Å². The summed E-state index contributed by atoms with van der Waals surface area (Å²) in [6, 6.07) is 3.65. The third-order valence-corrected chi connectivity index (χ3v) is 2.63. The number of hydrogen-bond donors (Lipinski definition) is 1. The summed E-state index contributed by atoms with van der Waals surface area (Å²) in [4.78, 5) is 4.56. The first-order valence-corrected chi connectivity index (χ1v) is 5.98. The number of ether oxygens (including phenoxy) is 1. The minimum absolute atomic E-state index is 0.264. The first kappa shape index (κ1) is 12.5. The van der Waals surface area contributed by atoms with E-state index in [2.05, 4.69) is 10.1 Å². The molecule has 2 aromatic heterocycles. The summed E-state index contributed by atoms with van der Waals surface area (Å²) in [5.41, 5.74) is 7.11. The van der Waals surface area contributed by atoms with Crippen molar-refractivity contribution in [3.8, 4) is 11.6 Å². The topological polar surface area (TPSA) is 66.0 Å². The van der Waals surface area contributed by atoms with E-state index in [4.69, 9.17) is 22.7 Å². The van der Waals surface area contributed by atoms with E-state index in [0.717, 1.165) is 12.2 Å². The number of nitrogens with zero attached hydrogens (tertiary/aromatic N) is 3. The van der Waals surface area contributed by atoms with Crippen LogP contribution in [0.3, 0.4) is 0 Å². The normalized spacial score (nSPS) is 10.3. The average Bonchev–Trinajstić information content (AvgIpc) is 2.76. The molecule has 94 valence electrons. The van der Waals surface area contributed by atoms with Crippen LogP contribution in [-0.4, -0.2) is 19.8 Å². The molecule has 0 bridgehead atoms. The van der Waals surface area contributed by atoms with Gasteiger partial charge in [0.15, 0.2) is 5.75 Å². The molecule has 0 saturated carbocycles. The molecule has 0 saturated heterocycles. The Morgan fingerprint density at radius 1 is 1.50 bits per heavy atom. The second-order valence-electron chi connectivity index (χ2n) is 3.80. The van der Waals surface area contributed by atoms with Crippen molar-refractivity contribution < 1.29 is 4.74 Å². The van der Waals surface area contributed by atoms with Crippen molar-refractivity contribution in [1.82, 2.24) is 14.8 Å². The first-order chi connectivity index (χ1) is 8.60. The average molecular weight is 262 g/mol. The molecule has 0 aromatic carbocycles. The number of hydrogen-bond acceptors (Lipinski definition) is 4. The van der Waals surface area contributed by atoms with E-state index in [1.165, 1.54) is 0 Å². The van der Waals surface area contributed by atoms with Gasteiger partial charge in [0.1, 0.15) is 4.99 Å². The minimum atomic E-state index is 0.264. The summed E-state index contributed by atoms with van der Waals surface area (Å²) in [6.45, 7) is 4.67. The largest absolute Gasteiger partial charge is 0.435 e. The van der Waals surface area contributed by atoms with E-state index in [0.29, 0.717) is 17.2 Å². The second kappa shape index (κ2) is 5.14. The summed E-state index contributed by atoms with van der Waals surface area (Å²) < 4.78 is 7.44. The Morgan fingerprint density at radius 3 is 2.89 bits per heavy atom. The first-order valence-electron chi connectivity index (χ1n) is 5.58. The van der Waals surface area contributed by atoms with Gasteiger partial charge in [-0.25, -0.2) is 4.98 Å². The molecule has 2 heterocycles. The van der Waals surface area contributed by atoms with Gasteiger partial charge in [0.05, 0.1) is 18.0 Å². The van der Waals surface area contributed by atoms with Crippen LogP contribution in [0.4, 0.5) is 0 Å². The smallest absolute Gasteiger partial charge is 0.229 e.